The van der Waals surface area contributed by atoms with E-state index in [9.17, 15) is 5.11 Å². The van der Waals surface area contributed by atoms with Gasteiger partial charge in [0.15, 0.2) is 0 Å². The number of nitrogens with zero attached hydrogens (tertiary/aromatic N) is 3. The maximum atomic E-state index is 10.8. The molecule has 1 atom stereocenters. The van der Waals surface area contributed by atoms with Crippen LogP contribution in [0.3, 0.4) is 0 Å². The van der Waals surface area contributed by atoms with E-state index in [1.165, 1.54) is 0 Å². The minimum Gasteiger partial charge on any atom is -0.391 e. The second kappa shape index (κ2) is 6.34. The SMILES string of the molecule is CCC1=NOC(CN2CCC(O)(c3ccc(C)cn3)CC2)C1. The van der Waals surface area contributed by atoms with Gasteiger partial charge in [0, 0.05) is 32.3 Å². The van der Waals surface area contributed by atoms with Gasteiger partial charge in [-0.05, 0) is 37.8 Å². The Balaban J connectivity index is 1.53. The Kier molecular flexibility index (Phi) is 4.45. The molecule has 1 unspecified atom stereocenters. The molecule has 0 amide bonds. The van der Waals surface area contributed by atoms with Crippen molar-refractivity contribution in [2.45, 2.75) is 51.2 Å². The third-order valence-electron chi connectivity index (χ3n) is 4.74. The van der Waals surface area contributed by atoms with Gasteiger partial charge in [0.2, 0.25) is 0 Å². The highest BCUT2D eigenvalue weighted by molar-refractivity contribution is 5.85. The topological polar surface area (TPSA) is 58.0 Å². The highest BCUT2D eigenvalue weighted by atomic mass is 16.6. The number of piperidine rings is 1. The van der Waals surface area contributed by atoms with Gasteiger partial charge in [0.05, 0.1) is 11.4 Å². The second-order valence-electron chi connectivity index (χ2n) is 6.50. The quantitative estimate of drug-likeness (QED) is 0.926. The van der Waals surface area contributed by atoms with Crippen molar-refractivity contribution in [2.75, 3.05) is 19.6 Å². The van der Waals surface area contributed by atoms with Crippen LogP contribution in [0.4, 0.5) is 0 Å². The number of likely N-dealkylation sites (tertiary alicyclic amines) is 1. The summed E-state index contributed by atoms with van der Waals surface area (Å²) >= 11 is 0. The molecule has 0 aromatic carbocycles. The Morgan fingerprint density at radius 1 is 1.36 bits per heavy atom. The lowest BCUT2D eigenvalue weighted by atomic mass is 9.87. The molecule has 1 N–H and O–H groups in total. The van der Waals surface area contributed by atoms with Crippen molar-refractivity contribution in [2.24, 2.45) is 5.16 Å². The summed E-state index contributed by atoms with van der Waals surface area (Å²) in [5.41, 5.74) is 2.29. The number of rotatable bonds is 4. The molecule has 5 nitrogen and oxygen atoms in total. The van der Waals surface area contributed by atoms with Gasteiger partial charge < -0.3 is 9.94 Å². The van der Waals surface area contributed by atoms with Gasteiger partial charge in [-0.25, -0.2) is 0 Å². The first-order chi connectivity index (χ1) is 10.6. The van der Waals surface area contributed by atoms with Gasteiger partial charge in [0.25, 0.3) is 0 Å². The fourth-order valence-electron chi connectivity index (χ4n) is 3.19. The number of aryl methyl sites for hydroxylation is 1. The lowest BCUT2D eigenvalue weighted by Crippen LogP contribution is -2.45. The molecule has 2 aliphatic rings. The maximum absolute atomic E-state index is 10.8. The van der Waals surface area contributed by atoms with Crippen LogP contribution in [0.1, 0.15) is 43.9 Å². The zero-order valence-corrected chi connectivity index (χ0v) is 13.5. The molecule has 3 heterocycles. The van der Waals surface area contributed by atoms with Crippen molar-refractivity contribution >= 4 is 5.71 Å². The first kappa shape index (κ1) is 15.4. The van der Waals surface area contributed by atoms with Gasteiger partial charge in [-0.3, -0.25) is 9.88 Å². The van der Waals surface area contributed by atoms with Crippen LogP contribution in [0, 0.1) is 6.92 Å². The monoisotopic (exact) mass is 303 g/mol. The average Bonchev–Trinajstić information content (AvgIpc) is 2.98. The highest BCUT2D eigenvalue weighted by Gasteiger charge is 2.36. The summed E-state index contributed by atoms with van der Waals surface area (Å²) in [6.07, 6.45) is 5.36. The van der Waals surface area contributed by atoms with E-state index < -0.39 is 5.60 Å². The van der Waals surface area contributed by atoms with Crippen molar-refractivity contribution in [1.29, 1.82) is 0 Å². The van der Waals surface area contributed by atoms with Gasteiger partial charge in [-0.15, -0.1) is 0 Å². The molecule has 1 fully saturated rings. The number of hydrogen-bond acceptors (Lipinski definition) is 5. The normalized spacial score (nSPS) is 24.9. The number of hydrogen-bond donors (Lipinski definition) is 1. The smallest absolute Gasteiger partial charge is 0.145 e. The minimum absolute atomic E-state index is 0.179. The van der Waals surface area contributed by atoms with E-state index in [0.717, 1.165) is 62.3 Å². The first-order valence-electron chi connectivity index (χ1n) is 8.18. The molecule has 5 heteroatoms. The standard InChI is InChI=1S/C17H25N3O2/c1-3-14-10-15(22-19-14)12-20-8-6-17(21,7-9-20)16-5-4-13(2)11-18-16/h4-5,11,15,21H,3,6-10,12H2,1-2H3. The molecule has 3 rings (SSSR count). The molecule has 0 aliphatic carbocycles. The van der Waals surface area contributed by atoms with E-state index >= 15 is 0 Å². The average molecular weight is 303 g/mol. The van der Waals surface area contributed by atoms with Crippen molar-refractivity contribution in [3.63, 3.8) is 0 Å². The van der Waals surface area contributed by atoms with Crippen LogP contribution >= 0.6 is 0 Å². The molecular formula is C17H25N3O2. The van der Waals surface area contributed by atoms with E-state index in [-0.39, 0.29) is 6.10 Å². The Bertz CT molecular complexity index is 533. The number of aromatic nitrogens is 1. The van der Waals surface area contributed by atoms with Crippen molar-refractivity contribution < 1.29 is 9.94 Å². The molecule has 2 aliphatic heterocycles. The molecule has 0 spiro atoms. The molecular weight excluding hydrogens is 278 g/mol. The summed E-state index contributed by atoms with van der Waals surface area (Å²) in [6, 6.07) is 3.97. The lowest BCUT2D eigenvalue weighted by molar-refractivity contribution is -0.0413. The van der Waals surface area contributed by atoms with Crippen LogP contribution in [0.15, 0.2) is 23.5 Å². The Labute approximate surface area is 132 Å². The van der Waals surface area contributed by atoms with E-state index in [1.54, 1.807) is 0 Å². The van der Waals surface area contributed by atoms with Crippen molar-refractivity contribution in [3.8, 4) is 0 Å². The maximum Gasteiger partial charge on any atom is 0.145 e. The molecule has 1 aromatic rings. The van der Waals surface area contributed by atoms with E-state index in [1.807, 2.05) is 25.3 Å². The van der Waals surface area contributed by atoms with Crippen molar-refractivity contribution in [3.05, 3.63) is 29.6 Å². The van der Waals surface area contributed by atoms with E-state index in [2.05, 4.69) is 22.0 Å². The molecule has 1 aromatic heterocycles. The van der Waals surface area contributed by atoms with Crippen LogP contribution in [0.2, 0.25) is 0 Å². The van der Waals surface area contributed by atoms with Crippen LogP contribution in [0.5, 0.6) is 0 Å². The van der Waals surface area contributed by atoms with Gasteiger partial charge >= 0.3 is 0 Å². The summed E-state index contributed by atoms with van der Waals surface area (Å²) in [6.45, 7) is 6.75. The fourth-order valence-corrected chi connectivity index (χ4v) is 3.19. The highest BCUT2D eigenvalue weighted by Crippen LogP contribution is 2.32. The van der Waals surface area contributed by atoms with Crippen LogP contribution in [0.25, 0.3) is 0 Å². The zero-order chi connectivity index (χ0) is 15.6. The van der Waals surface area contributed by atoms with Crippen molar-refractivity contribution in [1.82, 2.24) is 9.88 Å². The zero-order valence-electron chi connectivity index (χ0n) is 13.5. The molecule has 0 radical (unpaired) electrons. The summed E-state index contributed by atoms with van der Waals surface area (Å²) in [5, 5.41) is 15.0. The number of oxime groups is 1. The molecule has 1 saturated heterocycles. The lowest BCUT2D eigenvalue weighted by Gasteiger charge is -2.38. The van der Waals surface area contributed by atoms with Gasteiger partial charge in [-0.2, -0.15) is 0 Å². The summed E-state index contributed by atoms with van der Waals surface area (Å²) < 4.78 is 0. The molecule has 120 valence electrons. The van der Waals surface area contributed by atoms with Crippen LogP contribution in [-0.4, -0.2) is 46.4 Å². The summed E-state index contributed by atoms with van der Waals surface area (Å²) in [5.74, 6) is 0. The second-order valence-corrected chi connectivity index (χ2v) is 6.50. The molecule has 0 bridgehead atoms. The van der Waals surface area contributed by atoms with E-state index in [4.69, 9.17) is 4.84 Å². The fraction of sp³-hybridized carbons (Fsp3) is 0.647. The number of pyridine rings is 1. The van der Waals surface area contributed by atoms with Crippen LogP contribution < -0.4 is 0 Å². The predicted octanol–water partition coefficient (Wildman–Crippen LogP) is 2.23. The van der Waals surface area contributed by atoms with Gasteiger partial charge in [0.1, 0.15) is 11.7 Å². The Morgan fingerprint density at radius 3 is 2.73 bits per heavy atom. The first-order valence-corrected chi connectivity index (χ1v) is 8.18. The molecule has 0 saturated carbocycles. The van der Waals surface area contributed by atoms with E-state index in [0.29, 0.717) is 0 Å². The van der Waals surface area contributed by atoms with Gasteiger partial charge in [-0.1, -0.05) is 18.1 Å². The predicted molar refractivity (Wildman–Crippen MR) is 85.8 cm³/mol. The number of aliphatic hydroxyl groups is 1. The minimum atomic E-state index is -0.786. The third kappa shape index (κ3) is 3.31. The Morgan fingerprint density at radius 2 is 2.14 bits per heavy atom. The van der Waals surface area contributed by atoms with Crippen LogP contribution in [-0.2, 0) is 10.4 Å². The summed E-state index contributed by atoms with van der Waals surface area (Å²) in [7, 11) is 0. The largest absolute Gasteiger partial charge is 0.391 e. The molecule has 22 heavy (non-hydrogen) atoms. The Hall–Kier alpha value is -1.46. The third-order valence-corrected chi connectivity index (χ3v) is 4.74. The summed E-state index contributed by atoms with van der Waals surface area (Å²) in [4.78, 5) is 12.3.